The van der Waals surface area contributed by atoms with Crippen molar-refractivity contribution in [1.29, 1.82) is 0 Å². The summed E-state index contributed by atoms with van der Waals surface area (Å²) in [5, 5.41) is 0.653. The van der Waals surface area contributed by atoms with Crippen LogP contribution in [0, 0.1) is 6.92 Å². The Bertz CT molecular complexity index is 329. The minimum atomic E-state index is 0.436. The van der Waals surface area contributed by atoms with Crippen LogP contribution < -0.4 is 0 Å². The van der Waals surface area contributed by atoms with Gasteiger partial charge in [0.25, 0.3) is 0 Å². The van der Waals surface area contributed by atoms with Gasteiger partial charge in [0.1, 0.15) is 5.15 Å². The standard InChI is InChI=1S/C12H18ClN/c1-7(2)10-6-11(8(3)4)14-12(13)9(10)5/h6-8H,1-5H3. The lowest BCUT2D eigenvalue weighted by Gasteiger charge is -2.14. The van der Waals surface area contributed by atoms with Crippen LogP contribution in [0.2, 0.25) is 5.15 Å². The highest BCUT2D eigenvalue weighted by Crippen LogP contribution is 2.27. The van der Waals surface area contributed by atoms with Gasteiger partial charge < -0.3 is 0 Å². The number of aromatic nitrogens is 1. The van der Waals surface area contributed by atoms with Gasteiger partial charge in [0, 0.05) is 5.69 Å². The molecule has 0 aliphatic rings. The Balaban J connectivity index is 3.28. The summed E-state index contributed by atoms with van der Waals surface area (Å²) < 4.78 is 0. The molecule has 2 heteroatoms. The van der Waals surface area contributed by atoms with Crippen LogP contribution in [0.4, 0.5) is 0 Å². The van der Waals surface area contributed by atoms with Crippen LogP contribution in [-0.2, 0) is 0 Å². The Morgan fingerprint density at radius 2 is 1.71 bits per heavy atom. The summed E-state index contributed by atoms with van der Waals surface area (Å²) in [6, 6.07) is 2.18. The first-order valence-corrected chi connectivity index (χ1v) is 5.48. The van der Waals surface area contributed by atoms with Crippen LogP contribution in [0.5, 0.6) is 0 Å². The van der Waals surface area contributed by atoms with Gasteiger partial charge in [-0.2, -0.15) is 0 Å². The maximum atomic E-state index is 6.10. The van der Waals surface area contributed by atoms with E-state index in [-0.39, 0.29) is 0 Å². The number of hydrogen-bond acceptors (Lipinski definition) is 1. The van der Waals surface area contributed by atoms with Crippen molar-refractivity contribution in [2.24, 2.45) is 0 Å². The normalized spacial score (nSPS) is 11.4. The molecule has 0 atom stereocenters. The molecule has 0 aromatic carbocycles. The van der Waals surface area contributed by atoms with E-state index in [0.29, 0.717) is 17.0 Å². The third-order valence-corrected chi connectivity index (χ3v) is 2.85. The van der Waals surface area contributed by atoms with E-state index >= 15 is 0 Å². The topological polar surface area (TPSA) is 12.9 Å². The molecule has 1 nitrogen and oxygen atoms in total. The van der Waals surface area contributed by atoms with E-state index in [9.17, 15) is 0 Å². The highest BCUT2D eigenvalue weighted by atomic mass is 35.5. The molecule has 1 aromatic rings. The van der Waals surface area contributed by atoms with Crippen LogP contribution in [-0.4, -0.2) is 4.98 Å². The molecule has 1 rings (SSSR count). The van der Waals surface area contributed by atoms with E-state index < -0.39 is 0 Å². The second-order valence-corrected chi connectivity index (χ2v) is 4.72. The average molecular weight is 212 g/mol. The lowest BCUT2D eigenvalue weighted by molar-refractivity contribution is 0.793. The quantitative estimate of drug-likeness (QED) is 0.665. The first-order chi connectivity index (χ1) is 6.43. The Hall–Kier alpha value is -0.560. The summed E-state index contributed by atoms with van der Waals surface area (Å²) in [6.45, 7) is 10.7. The number of halogens is 1. The van der Waals surface area contributed by atoms with Crippen molar-refractivity contribution in [2.45, 2.75) is 46.5 Å². The molecule has 0 radical (unpaired) electrons. The Labute approximate surface area is 91.5 Å². The second-order valence-electron chi connectivity index (χ2n) is 4.36. The Kier molecular flexibility index (Phi) is 3.54. The lowest BCUT2D eigenvalue weighted by Crippen LogP contribution is -2.01. The molecule has 0 fully saturated rings. The van der Waals surface area contributed by atoms with Gasteiger partial charge in [0.2, 0.25) is 0 Å². The van der Waals surface area contributed by atoms with Gasteiger partial charge in [0.15, 0.2) is 0 Å². The van der Waals surface area contributed by atoms with Gasteiger partial charge in [-0.25, -0.2) is 4.98 Å². The number of rotatable bonds is 2. The van der Waals surface area contributed by atoms with Crippen molar-refractivity contribution in [3.05, 3.63) is 28.0 Å². The Morgan fingerprint density at radius 3 is 2.14 bits per heavy atom. The molecule has 1 heterocycles. The third-order valence-electron chi connectivity index (χ3n) is 2.49. The van der Waals surface area contributed by atoms with E-state index in [4.69, 9.17) is 11.6 Å². The van der Waals surface area contributed by atoms with E-state index in [1.165, 1.54) is 5.56 Å². The first-order valence-electron chi connectivity index (χ1n) is 5.10. The lowest BCUT2D eigenvalue weighted by atomic mass is 9.96. The number of nitrogens with zero attached hydrogens (tertiary/aromatic N) is 1. The van der Waals surface area contributed by atoms with Crippen LogP contribution in [0.1, 0.15) is 56.4 Å². The minimum Gasteiger partial charge on any atom is -0.241 e. The average Bonchev–Trinajstić information content (AvgIpc) is 2.08. The predicted molar refractivity (Wildman–Crippen MR) is 62.2 cm³/mol. The van der Waals surface area contributed by atoms with E-state index in [0.717, 1.165) is 11.3 Å². The highest BCUT2D eigenvalue weighted by Gasteiger charge is 2.11. The molecular weight excluding hydrogens is 194 g/mol. The summed E-state index contributed by atoms with van der Waals surface area (Å²) in [4.78, 5) is 4.38. The molecule has 0 aliphatic heterocycles. The fraction of sp³-hybridized carbons (Fsp3) is 0.583. The van der Waals surface area contributed by atoms with E-state index in [1.807, 2.05) is 6.92 Å². The summed E-state index contributed by atoms with van der Waals surface area (Å²) >= 11 is 6.10. The second kappa shape index (κ2) is 4.31. The van der Waals surface area contributed by atoms with Gasteiger partial charge in [-0.05, 0) is 36.0 Å². The predicted octanol–water partition coefficient (Wildman–Crippen LogP) is 4.29. The molecular formula is C12H18ClN. The number of hydrogen-bond donors (Lipinski definition) is 0. The summed E-state index contributed by atoms with van der Waals surface area (Å²) in [7, 11) is 0. The zero-order valence-corrected chi connectivity index (χ0v) is 10.3. The third kappa shape index (κ3) is 2.27. The van der Waals surface area contributed by atoms with Crippen molar-refractivity contribution in [3.63, 3.8) is 0 Å². The largest absolute Gasteiger partial charge is 0.241 e. The fourth-order valence-electron chi connectivity index (χ4n) is 1.51. The maximum Gasteiger partial charge on any atom is 0.132 e. The van der Waals surface area contributed by atoms with Gasteiger partial charge in [0.05, 0.1) is 0 Å². The molecule has 0 N–H and O–H groups in total. The van der Waals surface area contributed by atoms with Crippen LogP contribution in [0.25, 0.3) is 0 Å². The molecule has 78 valence electrons. The smallest absolute Gasteiger partial charge is 0.132 e. The van der Waals surface area contributed by atoms with E-state index in [1.54, 1.807) is 0 Å². The monoisotopic (exact) mass is 211 g/mol. The fourth-order valence-corrected chi connectivity index (χ4v) is 1.72. The van der Waals surface area contributed by atoms with E-state index in [2.05, 4.69) is 38.7 Å². The van der Waals surface area contributed by atoms with Gasteiger partial charge in [-0.1, -0.05) is 39.3 Å². The van der Waals surface area contributed by atoms with Crippen molar-refractivity contribution >= 4 is 11.6 Å². The van der Waals surface area contributed by atoms with Crippen molar-refractivity contribution in [3.8, 4) is 0 Å². The minimum absolute atomic E-state index is 0.436. The Morgan fingerprint density at radius 1 is 1.14 bits per heavy atom. The highest BCUT2D eigenvalue weighted by molar-refractivity contribution is 6.30. The first kappa shape index (κ1) is 11.5. The zero-order valence-electron chi connectivity index (χ0n) is 9.56. The molecule has 1 aromatic heterocycles. The maximum absolute atomic E-state index is 6.10. The summed E-state index contributed by atoms with van der Waals surface area (Å²) in [6.07, 6.45) is 0. The molecule has 0 saturated carbocycles. The van der Waals surface area contributed by atoms with Crippen LogP contribution in [0.3, 0.4) is 0 Å². The van der Waals surface area contributed by atoms with Gasteiger partial charge in [-0.3, -0.25) is 0 Å². The summed E-state index contributed by atoms with van der Waals surface area (Å²) in [5.41, 5.74) is 3.52. The number of pyridine rings is 1. The van der Waals surface area contributed by atoms with Crippen LogP contribution in [0.15, 0.2) is 6.07 Å². The molecule has 14 heavy (non-hydrogen) atoms. The van der Waals surface area contributed by atoms with Crippen molar-refractivity contribution in [1.82, 2.24) is 4.98 Å². The molecule has 0 aliphatic carbocycles. The van der Waals surface area contributed by atoms with Gasteiger partial charge >= 0.3 is 0 Å². The molecule has 0 saturated heterocycles. The molecule has 0 bridgehead atoms. The van der Waals surface area contributed by atoms with Crippen LogP contribution >= 0.6 is 11.6 Å². The van der Waals surface area contributed by atoms with Gasteiger partial charge in [-0.15, -0.1) is 0 Å². The molecule has 0 amide bonds. The molecule has 0 unspecified atom stereocenters. The zero-order chi connectivity index (χ0) is 10.9. The summed E-state index contributed by atoms with van der Waals surface area (Å²) in [5.74, 6) is 0.943. The SMILES string of the molecule is Cc1c(C(C)C)cc(C(C)C)nc1Cl. The molecule has 0 spiro atoms. The van der Waals surface area contributed by atoms with Crippen molar-refractivity contribution in [2.75, 3.05) is 0 Å². The van der Waals surface area contributed by atoms with Crippen molar-refractivity contribution < 1.29 is 0 Å².